The molecule has 2 unspecified atom stereocenters. The zero-order valence-electron chi connectivity index (χ0n) is 14.2. The lowest BCUT2D eigenvalue weighted by atomic mass is 9.69. The molecule has 3 heteroatoms. The third-order valence-corrected chi connectivity index (χ3v) is 5.46. The van der Waals surface area contributed by atoms with Crippen molar-refractivity contribution in [3.63, 3.8) is 0 Å². The molecule has 2 fully saturated rings. The molecule has 0 aromatic carbocycles. The van der Waals surface area contributed by atoms with Gasteiger partial charge in [0.05, 0.1) is 6.10 Å². The summed E-state index contributed by atoms with van der Waals surface area (Å²) in [6.07, 6.45) is 3.51. The molecular weight excluding hydrogens is 248 g/mol. The van der Waals surface area contributed by atoms with Crippen LogP contribution < -0.4 is 0 Å². The minimum atomic E-state index is -0.128. The van der Waals surface area contributed by atoms with Crippen LogP contribution in [0.2, 0.25) is 0 Å². The summed E-state index contributed by atoms with van der Waals surface area (Å²) in [5.74, 6) is 0.472. The van der Waals surface area contributed by atoms with Crippen LogP contribution in [0.1, 0.15) is 53.9 Å². The van der Waals surface area contributed by atoms with Gasteiger partial charge in [-0.1, -0.05) is 20.3 Å². The lowest BCUT2D eigenvalue weighted by molar-refractivity contribution is -0.0492. The van der Waals surface area contributed by atoms with E-state index < -0.39 is 0 Å². The largest absolute Gasteiger partial charge is 0.392 e. The van der Waals surface area contributed by atoms with Crippen LogP contribution in [-0.2, 0) is 0 Å². The van der Waals surface area contributed by atoms with E-state index in [1.54, 1.807) is 0 Å². The molecule has 0 bridgehead atoms. The molecule has 1 aliphatic heterocycles. The van der Waals surface area contributed by atoms with Crippen LogP contribution in [0.4, 0.5) is 0 Å². The standard InChI is InChI=1S/C17H34N2O/c1-16(2,3)19-11-9-18(10-12-19)13-14-7-6-8-17(4,5)15(14)20/h14-15,20H,6-13H2,1-5H3. The Morgan fingerprint density at radius 2 is 1.70 bits per heavy atom. The van der Waals surface area contributed by atoms with Crippen molar-refractivity contribution >= 4 is 0 Å². The Balaban J connectivity index is 1.84. The zero-order valence-corrected chi connectivity index (χ0v) is 14.2. The average molecular weight is 282 g/mol. The molecule has 1 aliphatic carbocycles. The monoisotopic (exact) mass is 282 g/mol. The van der Waals surface area contributed by atoms with Gasteiger partial charge in [-0.05, 0) is 44.9 Å². The fraction of sp³-hybridized carbons (Fsp3) is 1.00. The molecule has 3 nitrogen and oxygen atoms in total. The Labute approximate surface area is 125 Å². The van der Waals surface area contributed by atoms with Crippen LogP contribution in [0.25, 0.3) is 0 Å². The van der Waals surface area contributed by atoms with Crippen molar-refractivity contribution < 1.29 is 5.11 Å². The highest BCUT2D eigenvalue weighted by atomic mass is 16.3. The van der Waals surface area contributed by atoms with Crippen molar-refractivity contribution in [2.75, 3.05) is 32.7 Å². The number of hydrogen-bond donors (Lipinski definition) is 1. The minimum absolute atomic E-state index is 0.107. The highest BCUT2D eigenvalue weighted by Gasteiger charge is 2.38. The van der Waals surface area contributed by atoms with Crippen LogP contribution in [0, 0.1) is 11.3 Å². The van der Waals surface area contributed by atoms with Gasteiger partial charge in [-0.2, -0.15) is 0 Å². The van der Waals surface area contributed by atoms with Crippen LogP contribution in [0.5, 0.6) is 0 Å². The second-order valence-corrected chi connectivity index (χ2v) is 8.54. The van der Waals surface area contributed by atoms with Gasteiger partial charge in [-0.3, -0.25) is 4.90 Å². The molecule has 1 heterocycles. The maximum atomic E-state index is 10.6. The molecule has 0 aromatic heterocycles. The predicted molar refractivity (Wildman–Crippen MR) is 84.9 cm³/mol. The van der Waals surface area contributed by atoms with Crippen LogP contribution in [0.3, 0.4) is 0 Å². The van der Waals surface area contributed by atoms with E-state index >= 15 is 0 Å². The quantitative estimate of drug-likeness (QED) is 0.843. The van der Waals surface area contributed by atoms with Gasteiger partial charge in [0.25, 0.3) is 0 Å². The van der Waals surface area contributed by atoms with Crippen LogP contribution in [0.15, 0.2) is 0 Å². The summed E-state index contributed by atoms with van der Waals surface area (Å²) < 4.78 is 0. The van der Waals surface area contributed by atoms with Gasteiger partial charge in [0.1, 0.15) is 0 Å². The molecule has 118 valence electrons. The van der Waals surface area contributed by atoms with Gasteiger partial charge >= 0.3 is 0 Å². The first-order valence-electron chi connectivity index (χ1n) is 8.36. The Kier molecular flexibility index (Phi) is 4.83. The van der Waals surface area contributed by atoms with E-state index in [-0.39, 0.29) is 11.5 Å². The Bertz CT molecular complexity index is 313. The first-order chi connectivity index (χ1) is 9.20. The number of hydrogen-bond acceptors (Lipinski definition) is 3. The molecule has 0 aromatic rings. The van der Waals surface area contributed by atoms with E-state index in [4.69, 9.17) is 0 Å². The molecule has 1 N–H and O–H groups in total. The molecule has 1 saturated heterocycles. The fourth-order valence-corrected chi connectivity index (χ4v) is 3.89. The van der Waals surface area contributed by atoms with Gasteiger partial charge in [0.2, 0.25) is 0 Å². The smallest absolute Gasteiger partial charge is 0.0631 e. The molecule has 0 spiro atoms. The maximum absolute atomic E-state index is 10.6. The van der Waals surface area contributed by atoms with E-state index in [1.165, 1.54) is 19.3 Å². The topological polar surface area (TPSA) is 26.7 Å². The number of aliphatic hydroxyl groups is 1. The summed E-state index contributed by atoms with van der Waals surface area (Å²) in [5, 5.41) is 10.6. The molecule has 2 atom stereocenters. The predicted octanol–water partition coefficient (Wildman–Crippen LogP) is 2.59. The third-order valence-electron chi connectivity index (χ3n) is 5.46. The minimum Gasteiger partial charge on any atom is -0.392 e. The third kappa shape index (κ3) is 3.75. The highest BCUT2D eigenvalue weighted by molar-refractivity contribution is 4.90. The lowest BCUT2D eigenvalue weighted by Gasteiger charge is -2.46. The van der Waals surface area contributed by atoms with Gasteiger partial charge in [-0.15, -0.1) is 0 Å². The fourth-order valence-electron chi connectivity index (χ4n) is 3.89. The molecular formula is C17H34N2O. The van der Waals surface area contributed by atoms with E-state index in [1.807, 2.05) is 0 Å². The molecule has 2 aliphatic rings. The maximum Gasteiger partial charge on any atom is 0.0631 e. The van der Waals surface area contributed by atoms with Crippen molar-refractivity contribution in [2.45, 2.75) is 65.5 Å². The molecule has 20 heavy (non-hydrogen) atoms. The van der Waals surface area contributed by atoms with Crippen molar-refractivity contribution in [1.82, 2.24) is 9.80 Å². The van der Waals surface area contributed by atoms with E-state index in [0.29, 0.717) is 11.5 Å². The number of piperazine rings is 1. The summed E-state index contributed by atoms with van der Waals surface area (Å²) in [4.78, 5) is 5.14. The SMILES string of the molecule is CC1(C)CCCC(CN2CCN(C(C)(C)C)CC2)C1O. The Morgan fingerprint density at radius 1 is 1.10 bits per heavy atom. The highest BCUT2D eigenvalue weighted by Crippen LogP contribution is 2.39. The van der Waals surface area contributed by atoms with Crippen molar-refractivity contribution in [2.24, 2.45) is 11.3 Å². The summed E-state index contributed by atoms with van der Waals surface area (Å²) in [7, 11) is 0. The Hall–Kier alpha value is -0.120. The summed E-state index contributed by atoms with van der Waals surface area (Å²) in [6.45, 7) is 17.1. The van der Waals surface area contributed by atoms with Crippen molar-refractivity contribution in [3.05, 3.63) is 0 Å². The zero-order chi connectivity index (χ0) is 15.0. The normalized spacial score (nSPS) is 33.3. The average Bonchev–Trinajstić information content (AvgIpc) is 2.34. The summed E-state index contributed by atoms with van der Waals surface area (Å²) in [6, 6.07) is 0. The van der Waals surface area contributed by atoms with Crippen molar-refractivity contribution in [1.29, 1.82) is 0 Å². The van der Waals surface area contributed by atoms with E-state index in [2.05, 4.69) is 44.4 Å². The van der Waals surface area contributed by atoms with Crippen molar-refractivity contribution in [3.8, 4) is 0 Å². The van der Waals surface area contributed by atoms with Gasteiger partial charge in [0.15, 0.2) is 0 Å². The number of nitrogens with zero attached hydrogens (tertiary/aromatic N) is 2. The first kappa shape index (κ1) is 16.3. The summed E-state index contributed by atoms with van der Waals surface area (Å²) in [5.41, 5.74) is 0.397. The number of rotatable bonds is 2. The summed E-state index contributed by atoms with van der Waals surface area (Å²) >= 11 is 0. The molecule has 0 amide bonds. The number of aliphatic hydroxyl groups excluding tert-OH is 1. The molecule has 0 radical (unpaired) electrons. The van der Waals surface area contributed by atoms with Gasteiger partial charge < -0.3 is 10.0 Å². The first-order valence-corrected chi connectivity index (χ1v) is 8.36. The molecule has 2 rings (SSSR count). The van der Waals surface area contributed by atoms with Gasteiger partial charge in [0, 0.05) is 38.3 Å². The van der Waals surface area contributed by atoms with Gasteiger partial charge in [-0.25, -0.2) is 0 Å². The second-order valence-electron chi connectivity index (χ2n) is 8.54. The Morgan fingerprint density at radius 3 is 2.25 bits per heavy atom. The molecule has 1 saturated carbocycles. The van der Waals surface area contributed by atoms with E-state index in [9.17, 15) is 5.11 Å². The van der Waals surface area contributed by atoms with Crippen LogP contribution >= 0.6 is 0 Å². The van der Waals surface area contributed by atoms with Crippen LogP contribution in [-0.4, -0.2) is 59.3 Å². The lowest BCUT2D eigenvalue weighted by Crippen LogP contribution is -2.55. The second kappa shape index (κ2) is 5.94. The van der Waals surface area contributed by atoms with E-state index in [0.717, 1.165) is 32.7 Å².